The standard InChI is InChI=1S/C32H30N4O5/c1-39-17-9-16-32(33-35-36-34-32)28-19-27(25-14-8-15-26(18-25)31(37)38)29(40-21-23-10-4-2-5-11-23)20-30(28)41-22-24-12-6-3-7-13-24/h2-8,10-15,18-20H,9,16-17,21-22H2,1H3,(H,37,38). The third-order valence-corrected chi connectivity index (χ3v) is 6.74. The molecule has 1 N–H and O–H groups in total. The lowest BCUT2D eigenvalue weighted by Gasteiger charge is -2.25. The second kappa shape index (κ2) is 13.0. The van der Waals surface area contributed by atoms with E-state index in [0.717, 1.165) is 11.1 Å². The highest BCUT2D eigenvalue weighted by Crippen LogP contribution is 2.47. The molecule has 4 aromatic rings. The molecule has 0 saturated heterocycles. The molecule has 0 fully saturated rings. The molecular formula is C32H30N4O5. The van der Waals surface area contributed by atoms with Crippen molar-refractivity contribution in [2.75, 3.05) is 13.7 Å². The molecule has 1 heterocycles. The maximum atomic E-state index is 11.8. The number of carbonyl (C=O) groups is 1. The molecule has 0 amide bonds. The van der Waals surface area contributed by atoms with Gasteiger partial charge in [0.05, 0.1) is 5.56 Å². The first kappa shape index (κ1) is 27.7. The average Bonchev–Trinajstić information content (AvgIpc) is 3.50. The quantitative estimate of drug-likeness (QED) is 0.172. The van der Waals surface area contributed by atoms with E-state index < -0.39 is 11.6 Å². The molecule has 0 radical (unpaired) electrons. The molecule has 0 aliphatic carbocycles. The van der Waals surface area contributed by atoms with Crippen molar-refractivity contribution in [2.45, 2.75) is 31.7 Å². The molecular weight excluding hydrogens is 520 g/mol. The first-order valence-corrected chi connectivity index (χ1v) is 13.3. The van der Waals surface area contributed by atoms with E-state index in [9.17, 15) is 9.90 Å². The fourth-order valence-corrected chi connectivity index (χ4v) is 4.64. The van der Waals surface area contributed by atoms with E-state index in [1.807, 2.05) is 78.9 Å². The summed E-state index contributed by atoms with van der Waals surface area (Å²) in [6.07, 6.45) is 1.14. The summed E-state index contributed by atoms with van der Waals surface area (Å²) in [5, 5.41) is 26.3. The predicted molar refractivity (Wildman–Crippen MR) is 153 cm³/mol. The van der Waals surface area contributed by atoms with Crippen LogP contribution in [-0.4, -0.2) is 24.8 Å². The van der Waals surface area contributed by atoms with Gasteiger partial charge in [-0.05, 0) is 51.8 Å². The van der Waals surface area contributed by atoms with Gasteiger partial charge in [0.1, 0.15) is 24.7 Å². The summed E-state index contributed by atoms with van der Waals surface area (Å²) in [5.41, 5.74) is 3.02. The van der Waals surface area contributed by atoms with Crippen LogP contribution in [-0.2, 0) is 23.6 Å². The molecule has 9 heteroatoms. The summed E-state index contributed by atoms with van der Waals surface area (Å²) in [7, 11) is 1.64. The Hall–Kier alpha value is -4.89. The first-order valence-electron chi connectivity index (χ1n) is 13.3. The zero-order valence-electron chi connectivity index (χ0n) is 22.6. The molecule has 0 bridgehead atoms. The molecule has 4 aromatic carbocycles. The van der Waals surface area contributed by atoms with Gasteiger partial charge in [-0.3, -0.25) is 0 Å². The molecule has 0 saturated carbocycles. The molecule has 5 rings (SSSR count). The summed E-state index contributed by atoms with van der Waals surface area (Å²) in [4.78, 5) is 11.8. The summed E-state index contributed by atoms with van der Waals surface area (Å²) >= 11 is 0. The van der Waals surface area contributed by atoms with Crippen molar-refractivity contribution in [3.8, 4) is 22.6 Å². The Balaban J connectivity index is 1.64. The van der Waals surface area contributed by atoms with Crippen LogP contribution >= 0.6 is 0 Å². The molecule has 0 spiro atoms. The van der Waals surface area contributed by atoms with Crippen molar-refractivity contribution >= 4 is 5.97 Å². The molecule has 0 unspecified atom stereocenters. The van der Waals surface area contributed by atoms with E-state index >= 15 is 0 Å². The van der Waals surface area contributed by atoms with Crippen molar-refractivity contribution < 1.29 is 24.1 Å². The number of hydrogen-bond donors (Lipinski definition) is 1. The van der Waals surface area contributed by atoms with E-state index in [4.69, 9.17) is 14.2 Å². The van der Waals surface area contributed by atoms with Crippen molar-refractivity contribution in [3.63, 3.8) is 0 Å². The molecule has 1 aliphatic rings. The van der Waals surface area contributed by atoms with Crippen molar-refractivity contribution in [2.24, 2.45) is 20.7 Å². The number of nitrogens with zero attached hydrogens (tertiary/aromatic N) is 4. The lowest BCUT2D eigenvalue weighted by Crippen LogP contribution is -2.21. The minimum atomic E-state index is -1.12. The van der Waals surface area contributed by atoms with Gasteiger partial charge in [0, 0.05) is 37.3 Å². The zero-order valence-corrected chi connectivity index (χ0v) is 22.6. The number of methoxy groups -OCH3 is 1. The minimum absolute atomic E-state index is 0.164. The lowest BCUT2D eigenvalue weighted by molar-refractivity contribution is 0.0697. The molecule has 208 valence electrons. The maximum absolute atomic E-state index is 11.8. The third-order valence-electron chi connectivity index (χ3n) is 6.74. The van der Waals surface area contributed by atoms with Crippen LogP contribution in [0.5, 0.6) is 11.5 Å². The third kappa shape index (κ3) is 6.64. The van der Waals surface area contributed by atoms with Gasteiger partial charge in [-0.15, -0.1) is 10.2 Å². The normalized spacial score (nSPS) is 13.3. The Morgan fingerprint density at radius 1 is 0.780 bits per heavy atom. The number of carboxylic acids is 1. The van der Waals surface area contributed by atoms with Crippen LogP contribution in [0.3, 0.4) is 0 Å². The van der Waals surface area contributed by atoms with Crippen LogP contribution < -0.4 is 9.47 Å². The fourth-order valence-electron chi connectivity index (χ4n) is 4.64. The smallest absolute Gasteiger partial charge is 0.335 e. The first-order chi connectivity index (χ1) is 20.1. The lowest BCUT2D eigenvalue weighted by atomic mass is 9.90. The van der Waals surface area contributed by atoms with Crippen LogP contribution in [0.25, 0.3) is 11.1 Å². The zero-order chi connectivity index (χ0) is 28.5. The van der Waals surface area contributed by atoms with Gasteiger partial charge < -0.3 is 19.3 Å². The van der Waals surface area contributed by atoms with Gasteiger partial charge in [-0.1, -0.05) is 72.8 Å². The molecule has 1 aliphatic heterocycles. The second-order valence-corrected chi connectivity index (χ2v) is 9.57. The summed E-state index contributed by atoms with van der Waals surface area (Å²) in [5.74, 6) is 0.0328. The SMILES string of the molecule is COCCCC1(c2cc(-c3cccc(C(=O)O)c3)c(OCc3ccccc3)cc2OCc2ccccc2)N=NN=N1. The van der Waals surface area contributed by atoms with E-state index in [1.54, 1.807) is 25.3 Å². The van der Waals surface area contributed by atoms with Crippen LogP contribution in [0.1, 0.15) is 39.9 Å². The van der Waals surface area contributed by atoms with E-state index in [2.05, 4.69) is 20.7 Å². The van der Waals surface area contributed by atoms with Gasteiger partial charge in [-0.2, -0.15) is 0 Å². The maximum Gasteiger partial charge on any atom is 0.335 e. The minimum Gasteiger partial charge on any atom is -0.488 e. The van der Waals surface area contributed by atoms with E-state index in [0.29, 0.717) is 60.9 Å². The van der Waals surface area contributed by atoms with Gasteiger partial charge in [-0.25, -0.2) is 4.79 Å². The Morgan fingerprint density at radius 3 is 2.02 bits per heavy atom. The van der Waals surface area contributed by atoms with Crippen molar-refractivity contribution in [3.05, 3.63) is 119 Å². The summed E-state index contributed by atoms with van der Waals surface area (Å²) in [6, 6.07) is 30.1. The monoisotopic (exact) mass is 550 g/mol. The van der Waals surface area contributed by atoms with E-state index in [-0.39, 0.29) is 5.56 Å². The fraction of sp³-hybridized carbons (Fsp3) is 0.219. The molecule has 0 aromatic heterocycles. The highest BCUT2D eigenvalue weighted by molar-refractivity contribution is 5.90. The number of carboxylic acid groups (broad SMARTS) is 1. The summed E-state index contributed by atoms with van der Waals surface area (Å²) < 4.78 is 18.1. The second-order valence-electron chi connectivity index (χ2n) is 9.57. The van der Waals surface area contributed by atoms with Crippen molar-refractivity contribution in [1.29, 1.82) is 0 Å². The van der Waals surface area contributed by atoms with Gasteiger partial charge >= 0.3 is 5.97 Å². The topological polar surface area (TPSA) is 114 Å². The Kier molecular flexibility index (Phi) is 8.76. The number of rotatable bonds is 13. The van der Waals surface area contributed by atoms with Crippen molar-refractivity contribution in [1.82, 2.24) is 0 Å². The van der Waals surface area contributed by atoms with Gasteiger partial charge in [0.2, 0.25) is 5.66 Å². The number of benzene rings is 4. The molecule has 9 nitrogen and oxygen atoms in total. The number of hydrogen-bond acceptors (Lipinski definition) is 8. The highest BCUT2D eigenvalue weighted by Gasteiger charge is 2.39. The Bertz CT molecular complexity index is 1530. The highest BCUT2D eigenvalue weighted by atomic mass is 16.5. The van der Waals surface area contributed by atoms with Gasteiger partial charge in [0.15, 0.2) is 0 Å². The number of aromatic carboxylic acids is 1. The molecule has 0 atom stereocenters. The van der Waals surface area contributed by atoms with Crippen LogP contribution in [0.2, 0.25) is 0 Å². The Morgan fingerprint density at radius 2 is 1.41 bits per heavy atom. The summed E-state index contributed by atoms with van der Waals surface area (Å²) in [6.45, 7) is 1.13. The van der Waals surface area contributed by atoms with Crippen LogP contribution in [0.4, 0.5) is 0 Å². The average molecular weight is 551 g/mol. The van der Waals surface area contributed by atoms with E-state index in [1.165, 1.54) is 0 Å². The van der Waals surface area contributed by atoms with Crippen LogP contribution in [0, 0.1) is 0 Å². The predicted octanol–water partition coefficient (Wildman–Crippen LogP) is 7.62. The molecule has 41 heavy (non-hydrogen) atoms. The largest absolute Gasteiger partial charge is 0.488 e. The van der Waals surface area contributed by atoms with Crippen LogP contribution in [0.15, 0.2) is 118 Å². The Labute approximate surface area is 238 Å². The number of ether oxygens (including phenoxy) is 3. The van der Waals surface area contributed by atoms with Gasteiger partial charge in [0.25, 0.3) is 0 Å².